The van der Waals surface area contributed by atoms with Crippen LogP contribution in [0.3, 0.4) is 0 Å². The number of benzene rings is 4. The van der Waals surface area contributed by atoms with Gasteiger partial charge in [-0.3, -0.25) is 0 Å². The minimum absolute atomic E-state index is 0.286. The number of hydrogen-bond donors (Lipinski definition) is 4. The minimum Gasteiger partial charge on any atom is -0.508 e. The molecule has 0 aromatic heterocycles. The Morgan fingerprint density at radius 3 is 1.08 bits per heavy atom. The summed E-state index contributed by atoms with van der Waals surface area (Å²) in [6.07, 6.45) is 1.84. The van der Waals surface area contributed by atoms with Gasteiger partial charge in [-0.25, -0.2) is 0 Å². The Kier molecular flexibility index (Phi) is 7.70. The van der Waals surface area contributed by atoms with Crippen molar-refractivity contribution in [1.29, 1.82) is 0 Å². The molecule has 4 heteroatoms. The van der Waals surface area contributed by atoms with Gasteiger partial charge in [-0.2, -0.15) is 0 Å². The molecule has 0 bridgehead atoms. The number of phenolic OH excluding ortho intramolecular Hbond substituents is 4. The second kappa shape index (κ2) is 10.7. The molecule has 204 valence electrons. The van der Waals surface area contributed by atoms with E-state index in [9.17, 15) is 20.4 Å². The van der Waals surface area contributed by atoms with Crippen molar-refractivity contribution in [1.82, 2.24) is 0 Å². The van der Waals surface area contributed by atoms with Crippen molar-refractivity contribution < 1.29 is 20.4 Å². The standard InChI is InChI=1S/C35H40O4/c1-18-13-32(36)20(3)9-26(18)16-30-24(7)28(11-22(5)34(30)38)15-29-12-23(6)35(39)31(25(29)8)17-27-10-21(4)33(37)14-19(27)2/h9-14,36-39H,15-17H2,1-8H3. The first-order valence-electron chi connectivity index (χ1n) is 13.5. The average Bonchev–Trinajstić information content (AvgIpc) is 2.87. The molecule has 0 radical (unpaired) electrons. The largest absolute Gasteiger partial charge is 0.508 e. The fourth-order valence-electron chi connectivity index (χ4n) is 5.58. The van der Waals surface area contributed by atoms with Gasteiger partial charge in [-0.05, 0) is 141 Å². The summed E-state index contributed by atoms with van der Waals surface area (Å²) in [7, 11) is 0. The van der Waals surface area contributed by atoms with Gasteiger partial charge in [-0.15, -0.1) is 0 Å². The quantitative estimate of drug-likeness (QED) is 0.208. The molecule has 39 heavy (non-hydrogen) atoms. The Bertz CT molecular complexity index is 1480. The molecular formula is C35H40O4. The van der Waals surface area contributed by atoms with Gasteiger partial charge >= 0.3 is 0 Å². The van der Waals surface area contributed by atoms with E-state index in [-0.39, 0.29) is 11.5 Å². The predicted molar refractivity (Wildman–Crippen MR) is 159 cm³/mol. The zero-order chi connectivity index (χ0) is 28.8. The monoisotopic (exact) mass is 524 g/mol. The maximum atomic E-state index is 11.1. The number of hydrogen-bond acceptors (Lipinski definition) is 4. The maximum absolute atomic E-state index is 11.1. The first-order valence-corrected chi connectivity index (χ1v) is 13.5. The summed E-state index contributed by atoms with van der Waals surface area (Å²) in [4.78, 5) is 0. The number of rotatable bonds is 6. The van der Waals surface area contributed by atoms with Crippen LogP contribution in [0.5, 0.6) is 23.0 Å². The Labute approximate surface area is 232 Å². The molecule has 0 amide bonds. The smallest absolute Gasteiger partial charge is 0.122 e. The van der Waals surface area contributed by atoms with Gasteiger partial charge in [0.2, 0.25) is 0 Å². The number of aryl methyl sites for hydroxylation is 6. The molecule has 0 spiro atoms. The molecule has 4 aromatic carbocycles. The van der Waals surface area contributed by atoms with Gasteiger partial charge in [0.1, 0.15) is 23.0 Å². The van der Waals surface area contributed by atoms with Crippen LogP contribution in [0.4, 0.5) is 0 Å². The van der Waals surface area contributed by atoms with Gasteiger partial charge in [0.15, 0.2) is 0 Å². The van der Waals surface area contributed by atoms with Crippen LogP contribution in [0.25, 0.3) is 0 Å². The molecule has 4 nitrogen and oxygen atoms in total. The molecular weight excluding hydrogens is 484 g/mol. The van der Waals surface area contributed by atoms with E-state index in [1.807, 2.05) is 53.7 Å². The molecule has 0 atom stereocenters. The van der Waals surface area contributed by atoms with Crippen molar-refractivity contribution in [3.05, 3.63) is 114 Å². The van der Waals surface area contributed by atoms with E-state index < -0.39 is 0 Å². The minimum atomic E-state index is 0.286. The van der Waals surface area contributed by atoms with Crippen molar-refractivity contribution in [2.75, 3.05) is 0 Å². The lowest BCUT2D eigenvalue weighted by Crippen LogP contribution is -2.05. The van der Waals surface area contributed by atoms with Gasteiger partial charge in [-0.1, -0.05) is 24.3 Å². The molecule has 0 aliphatic rings. The van der Waals surface area contributed by atoms with Crippen molar-refractivity contribution >= 4 is 0 Å². The van der Waals surface area contributed by atoms with Crippen LogP contribution in [-0.2, 0) is 19.3 Å². The molecule has 0 saturated carbocycles. The Hall–Kier alpha value is -3.92. The van der Waals surface area contributed by atoms with Gasteiger partial charge in [0.05, 0.1) is 0 Å². The summed E-state index contributed by atoms with van der Waals surface area (Å²) in [5.41, 5.74) is 13.7. The predicted octanol–water partition coefficient (Wildman–Crippen LogP) is 7.75. The second-order valence-electron chi connectivity index (χ2n) is 11.3. The highest BCUT2D eigenvalue weighted by atomic mass is 16.3. The van der Waals surface area contributed by atoms with E-state index in [1.165, 1.54) is 0 Å². The topological polar surface area (TPSA) is 80.9 Å². The Morgan fingerprint density at radius 1 is 0.385 bits per heavy atom. The normalized spacial score (nSPS) is 11.3. The molecule has 0 saturated heterocycles. The fraction of sp³-hybridized carbons (Fsp3) is 0.314. The molecule has 4 N–H and O–H groups in total. The van der Waals surface area contributed by atoms with Crippen LogP contribution in [0.2, 0.25) is 0 Å². The van der Waals surface area contributed by atoms with Crippen LogP contribution in [0.1, 0.15) is 77.9 Å². The van der Waals surface area contributed by atoms with Crippen LogP contribution < -0.4 is 0 Å². The molecule has 0 aliphatic carbocycles. The third-order valence-electron chi connectivity index (χ3n) is 8.39. The van der Waals surface area contributed by atoms with Gasteiger partial charge in [0.25, 0.3) is 0 Å². The highest BCUT2D eigenvalue weighted by Crippen LogP contribution is 2.37. The zero-order valence-corrected chi connectivity index (χ0v) is 24.4. The Morgan fingerprint density at radius 2 is 0.718 bits per heavy atom. The number of aromatic hydroxyl groups is 4. The average molecular weight is 525 g/mol. The van der Waals surface area contributed by atoms with Crippen molar-refractivity contribution in [3.8, 4) is 23.0 Å². The second-order valence-corrected chi connectivity index (χ2v) is 11.3. The third kappa shape index (κ3) is 5.47. The van der Waals surface area contributed by atoms with E-state index in [0.29, 0.717) is 30.8 Å². The van der Waals surface area contributed by atoms with E-state index >= 15 is 0 Å². The fourth-order valence-corrected chi connectivity index (χ4v) is 5.58. The zero-order valence-electron chi connectivity index (χ0n) is 24.4. The maximum Gasteiger partial charge on any atom is 0.122 e. The SMILES string of the molecule is Cc1cc(Cc2c(C)c(Cc3cc(C)c(O)c(Cc4cc(C)c(O)cc4C)c3C)cc(C)c2O)c(C)cc1O. The molecule has 0 fully saturated rings. The lowest BCUT2D eigenvalue weighted by atomic mass is 9.86. The van der Waals surface area contributed by atoms with E-state index in [4.69, 9.17) is 0 Å². The van der Waals surface area contributed by atoms with Gasteiger partial charge in [0, 0.05) is 24.0 Å². The van der Waals surface area contributed by atoms with E-state index in [2.05, 4.69) is 26.0 Å². The first kappa shape index (κ1) is 28.1. The summed E-state index contributed by atoms with van der Waals surface area (Å²) < 4.78 is 0. The highest BCUT2D eigenvalue weighted by Gasteiger charge is 2.19. The molecule has 4 aromatic rings. The third-order valence-corrected chi connectivity index (χ3v) is 8.39. The van der Waals surface area contributed by atoms with Crippen molar-refractivity contribution in [3.63, 3.8) is 0 Å². The van der Waals surface area contributed by atoms with E-state index in [1.54, 1.807) is 12.1 Å². The summed E-state index contributed by atoms with van der Waals surface area (Å²) in [6, 6.07) is 11.7. The lowest BCUT2D eigenvalue weighted by Gasteiger charge is -2.20. The summed E-state index contributed by atoms with van der Waals surface area (Å²) >= 11 is 0. The number of phenols is 4. The van der Waals surface area contributed by atoms with E-state index in [0.717, 1.165) is 77.9 Å². The van der Waals surface area contributed by atoms with Crippen LogP contribution >= 0.6 is 0 Å². The summed E-state index contributed by atoms with van der Waals surface area (Å²) in [6.45, 7) is 15.8. The molecule has 0 unspecified atom stereocenters. The first-order chi connectivity index (χ1) is 18.3. The van der Waals surface area contributed by atoms with Crippen LogP contribution in [-0.4, -0.2) is 20.4 Å². The van der Waals surface area contributed by atoms with Crippen molar-refractivity contribution in [2.24, 2.45) is 0 Å². The highest BCUT2D eigenvalue weighted by molar-refractivity contribution is 5.57. The Balaban J connectivity index is 1.76. The van der Waals surface area contributed by atoms with Crippen LogP contribution in [0, 0.1) is 55.4 Å². The van der Waals surface area contributed by atoms with Crippen molar-refractivity contribution in [2.45, 2.75) is 74.7 Å². The molecule has 0 heterocycles. The lowest BCUT2D eigenvalue weighted by molar-refractivity contribution is 0.463. The molecule has 0 aliphatic heterocycles. The molecule has 4 rings (SSSR count). The van der Waals surface area contributed by atoms with Crippen LogP contribution in [0.15, 0.2) is 36.4 Å². The van der Waals surface area contributed by atoms with Gasteiger partial charge < -0.3 is 20.4 Å². The summed E-state index contributed by atoms with van der Waals surface area (Å²) in [5.74, 6) is 1.21. The summed E-state index contributed by atoms with van der Waals surface area (Å²) in [5, 5.41) is 42.3.